The van der Waals surface area contributed by atoms with Gasteiger partial charge in [-0.05, 0) is 73.0 Å². The molecule has 3 aromatic carbocycles. The van der Waals surface area contributed by atoms with Crippen LogP contribution in [0, 0.1) is 19.7 Å². The Labute approximate surface area is 180 Å². The minimum absolute atomic E-state index is 0.193. The number of halogens is 1. The van der Waals surface area contributed by atoms with Gasteiger partial charge >= 0.3 is 0 Å². The van der Waals surface area contributed by atoms with E-state index in [2.05, 4.69) is 26.7 Å². The molecular weight excluding hydrogens is 391 g/mol. The van der Waals surface area contributed by atoms with Crippen LogP contribution in [0.4, 0.5) is 21.7 Å². The zero-order chi connectivity index (χ0) is 21.8. The number of carbonyl (C=O) groups is 1. The lowest BCUT2D eigenvalue weighted by Gasteiger charge is -2.10. The maximum absolute atomic E-state index is 13.1. The molecule has 1 aromatic heterocycles. The molecule has 6 heteroatoms. The lowest BCUT2D eigenvalue weighted by Crippen LogP contribution is -2.12. The summed E-state index contributed by atoms with van der Waals surface area (Å²) in [6, 6.07) is 19.2. The van der Waals surface area contributed by atoms with E-state index >= 15 is 0 Å². The first-order valence-corrected chi connectivity index (χ1v) is 9.81. The van der Waals surface area contributed by atoms with Crippen molar-refractivity contribution in [3.05, 3.63) is 102 Å². The summed E-state index contributed by atoms with van der Waals surface area (Å²) in [5.74, 6) is -0.0802. The van der Waals surface area contributed by atoms with Crippen molar-refractivity contribution in [2.75, 3.05) is 10.6 Å². The number of benzene rings is 3. The Morgan fingerprint density at radius 3 is 2.16 bits per heavy atom. The van der Waals surface area contributed by atoms with Gasteiger partial charge in [-0.1, -0.05) is 24.3 Å². The van der Waals surface area contributed by atoms with Gasteiger partial charge in [0.2, 0.25) is 5.95 Å². The summed E-state index contributed by atoms with van der Waals surface area (Å²) in [5, 5.41) is 6.04. The van der Waals surface area contributed by atoms with E-state index in [1.807, 2.05) is 32.0 Å². The average molecular weight is 412 g/mol. The number of hydrogen-bond acceptors (Lipinski definition) is 4. The van der Waals surface area contributed by atoms with Gasteiger partial charge < -0.3 is 10.6 Å². The van der Waals surface area contributed by atoms with E-state index in [1.54, 1.807) is 42.7 Å². The number of nitrogens with zero attached hydrogens (tertiary/aromatic N) is 2. The predicted molar refractivity (Wildman–Crippen MR) is 121 cm³/mol. The van der Waals surface area contributed by atoms with Gasteiger partial charge in [0.1, 0.15) is 5.82 Å². The Morgan fingerprint density at radius 1 is 0.806 bits per heavy atom. The van der Waals surface area contributed by atoms with Gasteiger partial charge in [-0.25, -0.2) is 14.4 Å². The van der Waals surface area contributed by atoms with Crippen molar-refractivity contribution < 1.29 is 9.18 Å². The van der Waals surface area contributed by atoms with Gasteiger partial charge in [0.05, 0.1) is 0 Å². The summed E-state index contributed by atoms with van der Waals surface area (Å²) >= 11 is 0. The van der Waals surface area contributed by atoms with Crippen molar-refractivity contribution in [2.45, 2.75) is 13.8 Å². The maximum atomic E-state index is 13.1. The lowest BCUT2D eigenvalue weighted by atomic mass is 10.1. The summed E-state index contributed by atoms with van der Waals surface area (Å²) in [5.41, 5.74) is 5.78. The molecule has 0 saturated carbocycles. The highest BCUT2D eigenvalue weighted by atomic mass is 19.1. The highest BCUT2D eigenvalue weighted by Gasteiger charge is 2.09. The van der Waals surface area contributed by atoms with Gasteiger partial charge in [-0.3, -0.25) is 4.79 Å². The van der Waals surface area contributed by atoms with E-state index in [0.717, 1.165) is 27.9 Å². The van der Waals surface area contributed by atoms with Gasteiger partial charge in [-0.2, -0.15) is 0 Å². The summed E-state index contributed by atoms with van der Waals surface area (Å²) in [7, 11) is 0. The van der Waals surface area contributed by atoms with Crippen LogP contribution in [0.25, 0.3) is 11.1 Å². The monoisotopic (exact) mass is 412 g/mol. The quantitative estimate of drug-likeness (QED) is 0.429. The number of carbonyl (C=O) groups excluding carboxylic acids is 1. The molecule has 0 bridgehead atoms. The van der Waals surface area contributed by atoms with Crippen molar-refractivity contribution in [3.8, 4) is 11.1 Å². The van der Waals surface area contributed by atoms with E-state index < -0.39 is 0 Å². The van der Waals surface area contributed by atoms with Gasteiger partial charge in [-0.15, -0.1) is 0 Å². The second-order valence-corrected chi connectivity index (χ2v) is 7.34. The number of hydrogen-bond donors (Lipinski definition) is 2. The molecule has 0 radical (unpaired) electrons. The first-order valence-electron chi connectivity index (χ1n) is 9.81. The van der Waals surface area contributed by atoms with Gasteiger partial charge in [0, 0.05) is 34.9 Å². The molecule has 0 aliphatic rings. The Morgan fingerprint density at radius 2 is 1.48 bits per heavy atom. The van der Waals surface area contributed by atoms with E-state index in [0.29, 0.717) is 17.2 Å². The van der Waals surface area contributed by atoms with Crippen molar-refractivity contribution >= 4 is 23.2 Å². The molecule has 0 aliphatic carbocycles. The molecule has 0 unspecified atom stereocenters. The highest BCUT2D eigenvalue weighted by Crippen LogP contribution is 2.21. The predicted octanol–water partition coefficient (Wildman–Crippen LogP) is 5.90. The van der Waals surface area contributed by atoms with Crippen LogP contribution in [0.3, 0.4) is 0 Å². The summed E-state index contributed by atoms with van der Waals surface area (Å²) in [6.45, 7) is 3.99. The smallest absolute Gasteiger partial charge is 0.255 e. The Hall–Kier alpha value is -4.06. The standard InChI is InChI=1S/C25H21FN4O/c1-16-10-17(2)12-23(11-16)29-24(31)19-4-3-5-22(13-19)30-25-27-14-20(15-28-25)18-6-8-21(26)9-7-18/h3-15H,1-2H3,(H,29,31)(H,27,28,30). The number of aromatic nitrogens is 2. The maximum Gasteiger partial charge on any atom is 0.255 e. The largest absolute Gasteiger partial charge is 0.324 e. The molecular formula is C25H21FN4O. The Bertz CT molecular complexity index is 1200. The number of amides is 1. The molecule has 0 fully saturated rings. The molecule has 1 amide bonds. The molecule has 4 rings (SSSR count). The van der Waals surface area contributed by atoms with Crippen LogP contribution in [0.2, 0.25) is 0 Å². The first kappa shape index (κ1) is 20.2. The molecule has 5 nitrogen and oxygen atoms in total. The third kappa shape index (κ3) is 5.11. The topological polar surface area (TPSA) is 66.9 Å². The fraction of sp³-hybridized carbons (Fsp3) is 0.0800. The number of nitrogens with one attached hydrogen (secondary N) is 2. The van der Waals surface area contributed by atoms with E-state index in [-0.39, 0.29) is 11.7 Å². The van der Waals surface area contributed by atoms with Crippen LogP contribution < -0.4 is 10.6 Å². The van der Waals surface area contributed by atoms with E-state index in [1.165, 1.54) is 12.1 Å². The third-order valence-electron chi connectivity index (χ3n) is 4.69. The molecule has 4 aromatic rings. The number of aryl methyl sites for hydroxylation is 2. The fourth-order valence-corrected chi connectivity index (χ4v) is 3.30. The van der Waals surface area contributed by atoms with Crippen molar-refractivity contribution in [3.63, 3.8) is 0 Å². The average Bonchev–Trinajstić information content (AvgIpc) is 2.74. The van der Waals surface area contributed by atoms with Crippen LogP contribution in [0.1, 0.15) is 21.5 Å². The molecule has 0 saturated heterocycles. The second-order valence-electron chi connectivity index (χ2n) is 7.34. The first-order chi connectivity index (χ1) is 15.0. The minimum Gasteiger partial charge on any atom is -0.324 e. The molecule has 0 spiro atoms. The Balaban J connectivity index is 1.46. The van der Waals surface area contributed by atoms with E-state index in [4.69, 9.17) is 0 Å². The molecule has 31 heavy (non-hydrogen) atoms. The summed E-state index contributed by atoms with van der Waals surface area (Å²) in [6.07, 6.45) is 3.33. The second kappa shape index (κ2) is 8.75. The Kier molecular flexibility index (Phi) is 5.71. The molecule has 154 valence electrons. The molecule has 0 aliphatic heterocycles. The summed E-state index contributed by atoms with van der Waals surface area (Å²) < 4.78 is 13.1. The zero-order valence-corrected chi connectivity index (χ0v) is 17.2. The zero-order valence-electron chi connectivity index (χ0n) is 17.2. The highest BCUT2D eigenvalue weighted by molar-refractivity contribution is 6.05. The van der Waals surface area contributed by atoms with Crippen molar-refractivity contribution in [2.24, 2.45) is 0 Å². The lowest BCUT2D eigenvalue weighted by molar-refractivity contribution is 0.102. The van der Waals surface area contributed by atoms with Crippen LogP contribution in [0.5, 0.6) is 0 Å². The van der Waals surface area contributed by atoms with Gasteiger partial charge in [0.25, 0.3) is 5.91 Å². The number of anilines is 3. The fourth-order valence-electron chi connectivity index (χ4n) is 3.30. The molecule has 2 N–H and O–H groups in total. The normalized spacial score (nSPS) is 10.5. The van der Waals surface area contributed by atoms with Crippen LogP contribution in [0.15, 0.2) is 79.1 Å². The minimum atomic E-state index is -0.288. The van der Waals surface area contributed by atoms with Crippen LogP contribution in [-0.4, -0.2) is 15.9 Å². The molecule has 0 atom stereocenters. The SMILES string of the molecule is Cc1cc(C)cc(NC(=O)c2cccc(Nc3ncc(-c4ccc(F)cc4)cn3)c2)c1. The van der Waals surface area contributed by atoms with Gasteiger partial charge in [0.15, 0.2) is 0 Å². The van der Waals surface area contributed by atoms with Crippen LogP contribution in [-0.2, 0) is 0 Å². The molecule has 1 heterocycles. The third-order valence-corrected chi connectivity index (χ3v) is 4.69. The van der Waals surface area contributed by atoms with E-state index in [9.17, 15) is 9.18 Å². The van der Waals surface area contributed by atoms with Crippen molar-refractivity contribution in [1.82, 2.24) is 9.97 Å². The number of rotatable bonds is 5. The van der Waals surface area contributed by atoms with Crippen LogP contribution >= 0.6 is 0 Å². The summed E-state index contributed by atoms with van der Waals surface area (Å²) in [4.78, 5) is 21.3. The van der Waals surface area contributed by atoms with Crippen molar-refractivity contribution in [1.29, 1.82) is 0 Å².